The van der Waals surface area contributed by atoms with Gasteiger partial charge in [-0.2, -0.15) is 0 Å². The molecule has 0 aliphatic carbocycles. The lowest BCUT2D eigenvalue weighted by molar-refractivity contribution is -0.117. The first-order chi connectivity index (χ1) is 12.1. The van der Waals surface area contributed by atoms with E-state index >= 15 is 0 Å². The van der Waals surface area contributed by atoms with Crippen molar-refractivity contribution in [1.82, 2.24) is 0 Å². The maximum Gasteiger partial charge on any atom is 0.251 e. The van der Waals surface area contributed by atoms with Gasteiger partial charge in [-0.05, 0) is 42.5 Å². The summed E-state index contributed by atoms with van der Waals surface area (Å²) in [5.74, 6) is -0.766. The Labute approximate surface area is 154 Å². The summed E-state index contributed by atoms with van der Waals surface area (Å²) in [5.41, 5.74) is 1.67. The number of hydrogen-bond donors (Lipinski definition) is 2. The molecule has 0 saturated heterocycles. The van der Waals surface area contributed by atoms with E-state index in [9.17, 15) is 9.18 Å². The standard InChI is InChI=1S/C20H16BrFN2O/c21-14-10-12-16(13-11-14)24-20(25)19(17-8-4-5-9-18(17)22)23-15-6-2-1-3-7-15/h1-13,19,23H,(H,24,25). The van der Waals surface area contributed by atoms with Gasteiger partial charge in [-0.1, -0.05) is 52.3 Å². The molecular formula is C20H16BrFN2O. The lowest BCUT2D eigenvalue weighted by atomic mass is 10.0. The highest BCUT2D eigenvalue weighted by Gasteiger charge is 2.23. The summed E-state index contributed by atoms with van der Waals surface area (Å²) in [6.45, 7) is 0. The van der Waals surface area contributed by atoms with Gasteiger partial charge in [0, 0.05) is 21.4 Å². The fourth-order valence-corrected chi connectivity index (χ4v) is 2.71. The number of para-hydroxylation sites is 1. The van der Waals surface area contributed by atoms with Crippen molar-refractivity contribution >= 4 is 33.2 Å². The Morgan fingerprint density at radius 3 is 2.16 bits per heavy atom. The number of halogens is 2. The van der Waals surface area contributed by atoms with Gasteiger partial charge < -0.3 is 10.6 Å². The molecule has 3 nitrogen and oxygen atoms in total. The monoisotopic (exact) mass is 398 g/mol. The van der Waals surface area contributed by atoms with Crippen molar-refractivity contribution < 1.29 is 9.18 Å². The van der Waals surface area contributed by atoms with Crippen LogP contribution >= 0.6 is 15.9 Å². The zero-order valence-corrected chi connectivity index (χ0v) is 14.8. The maximum atomic E-state index is 14.3. The highest BCUT2D eigenvalue weighted by molar-refractivity contribution is 9.10. The highest BCUT2D eigenvalue weighted by atomic mass is 79.9. The molecule has 1 atom stereocenters. The van der Waals surface area contributed by atoms with Crippen LogP contribution in [0.1, 0.15) is 11.6 Å². The van der Waals surface area contributed by atoms with Crippen LogP contribution in [0.5, 0.6) is 0 Å². The van der Waals surface area contributed by atoms with Crippen LogP contribution in [0, 0.1) is 5.82 Å². The molecule has 0 aromatic heterocycles. The quantitative estimate of drug-likeness (QED) is 0.605. The summed E-state index contributed by atoms with van der Waals surface area (Å²) in [6.07, 6.45) is 0. The highest BCUT2D eigenvalue weighted by Crippen LogP contribution is 2.24. The molecule has 2 N–H and O–H groups in total. The molecule has 0 spiro atoms. The second kappa shape index (κ2) is 7.94. The van der Waals surface area contributed by atoms with Crippen LogP contribution in [0.4, 0.5) is 15.8 Å². The third-order valence-corrected chi connectivity index (χ3v) is 4.20. The van der Waals surface area contributed by atoms with Gasteiger partial charge in [-0.15, -0.1) is 0 Å². The molecular weight excluding hydrogens is 383 g/mol. The number of carbonyl (C=O) groups excluding carboxylic acids is 1. The van der Waals surface area contributed by atoms with Gasteiger partial charge in [0.25, 0.3) is 5.91 Å². The number of amides is 1. The zero-order valence-electron chi connectivity index (χ0n) is 13.2. The molecule has 0 saturated carbocycles. The number of rotatable bonds is 5. The van der Waals surface area contributed by atoms with Crippen molar-refractivity contribution in [2.24, 2.45) is 0 Å². The minimum atomic E-state index is -0.854. The lowest BCUT2D eigenvalue weighted by Crippen LogP contribution is -2.28. The average Bonchev–Trinajstić information content (AvgIpc) is 2.63. The van der Waals surface area contributed by atoms with Gasteiger partial charge in [0.2, 0.25) is 0 Å². The van der Waals surface area contributed by atoms with E-state index in [0.29, 0.717) is 11.3 Å². The number of hydrogen-bond acceptors (Lipinski definition) is 2. The van der Waals surface area contributed by atoms with Gasteiger partial charge in [0.15, 0.2) is 0 Å². The molecule has 1 amide bonds. The molecule has 0 bridgehead atoms. The Balaban J connectivity index is 1.88. The van der Waals surface area contributed by atoms with Gasteiger partial charge in [-0.25, -0.2) is 4.39 Å². The average molecular weight is 399 g/mol. The topological polar surface area (TPSA) is 41.1 Å². The largest absolute Gasteiger partial charge is 0.370 e. The van der Waals surface area contributed by atoms with E-state index in [1.54, 1.807) is 30.3 Å². The molecule has 126 valence electrons. The van der Waals surface area contributed by atoms with Crippen molar-refractivity contribution in [3.63, 3.8) is 0 Å². The molecule has 0 heterocycles. The fraction of sp³-hybridized carbons (Fsp3) is 0.0500. The molecule has 5 heteroatoms. The van der Waals surface area contributed by atoms with E-state index in [4.69, 9.17) is 0 Å². The second-order valence-electron chi connectivity index (χ2n) is 5.46. The van der Waals surface area contributed by atoms with Gasteiger partial charge in [0.05, 0.1) is 0 Å². The molecule has 25 heavy (non-hydrogen) atoms. The third kappa shape index (κ3) is 4.45. The summed E-state index contributed by atoms with van der Waals surface area (Å²) in [6, 6.07) is 21.9. The van der Waals surface area contributed by atoms with Crippen molar-refractivity contribution in [1.29, 1.82) is 0 Å². The molecule has 3 aromatic rings. The first-order valence-electron chi connectivity index (χ1n) is 7.76. The number of carbonyl (C=O) groups is 1. The minimum absolute atomic E-state index is 0.293. The Bertz CT molecular complexity index is 853. The minimum Gasteiger partial charge on any atom is -0.370 e. The van der Waals surface area contributed by atoms with Crippen molar-refractivity contribution in [2.75, 3.05) is 10.6 Å². The smallest absolute Gasteiger partial charge is 0.251 e. The maximum absolute atomic E-state index is 14.3. The van der Waals surface area contributed by atoms with Crippen LogP contribution in [-0.2, 0) is 4.79 Å². The second-order valence-corrected chi connectivity index (χ2v) is 6.38. The van der Waals surface area contributed by atoms with Crippen molar-refractivity contribution in [2.45, 2.75) is 6.04 Å². The molecule has 3 aromatic carbocycles. The van der Waals surface area contributed by atoms with Crippen molar-refractivity contribution in [3.05, 3.63) is 94.7 Å². The fourth-order valence-electron chi connectivity index (χ4n) is 2.44. The Morgan fingerprint density at radius 1 is 0.840 bits per heavy atom. The molecule has 0 fully saturated rings. The number of anilines is 2. The summed E-state index contributed by atoms with van der Waals surface area (Å²) in [7, 11) is 0. The summed E-state index contributed by atoms with van der Waals surface area (Å²) in [5, 5.41) is 5.93. The van der Waals surface area contributed by atoms with Crippen LogP contribution in [0.25, 0.3) is 0 Å². The normalized spacial score (nSPS) is 11.6. The predicted molar refractivity (Wildman–Crippen MR) is 102 cm³/mol. The van der Waals surface area contributed by atoms with E-state index in [2.05, 4.69) is 26.6 Å². The van der Waals surface area contributed by atoms with Crippen LogP contribution < -0.4 is 10.6 Å². The van der Waals surface area contributed by atoms with Gasteiger partial charge in [-0.3, -0.25) is 4.79 Å². The summed E-state index contributed by atoms with van der Waals surface area (Å²) in [4.78, 5) is 12.8. The van der Waals surface area contributed by atoms with E-state index in [-0.39, 0.29) is 5.91 Å². The number of nitrogens with one attached hydrogen (secondary N) is 2. The first kappa shape index (κ1) is 17.2. The van der Waals surface area contributed by atoms with E-state index in [1.165, 1.54) is 6.07 Å². The predicted octanol–water partition coefficient (Wildman–Crippen LogP) is 5.38. The van der Waals surface area contributed by atoms with Crippen LogP contribution in [-0.4, -0.2) is 5.91 Å². The Morgan fingerprint density at radius 2 is 1.48 bits per heavy atom. The Hall–Kier alpha value is -2.66. The lowest BCUT2D eigenvalue weighted by Gasteiger charge is -2.20. The third-order valence-electron chi connectivity index (χ3n) is 3.67. The zero-order chi connectivity index (χ0) is 17.6. The molecule has 1 unspecified atom stereocenters. The van der Waals surface area contributed by atoms with E-state index < -0.39 is 11.9 Å². The van der Waals surface area contributed by atoms with Crippen LogP contribution in [0.3, 0.4) is 0 Å². The first-order valence-corrected chi connectivity index (χ1v) is 8.55. The molecule has 0 radical (unpaired) electrons. The van der Waals surface area contributed by atoms with E-state index in [1.807, 2.05) is 42.5 Å². The molecule has 0 aliphatic rings. The van der Waals surface area contributed by atoms with Crippen LogP contribution in [0.15, 0.2) is 83.3 Å². The summed E-state index contributed by atoms with van der Waals surface area (Å²) < 4.78 is 15.2. The van der Waals surface area contributed by atoms with Crippen molar-refractivity contribution in [3.8, 4) is 0 Å². The van der Waals surface area contributed by atoms with E-state index in [0.717, 1.165) is 10.2 Å². The molecule has 3 rings (SSSR count). The van der Waals surface area contributed by atoms with Gasteiger partial charge in [0.1, 0.15) is 11.9 Å². The molecule has 0 aliphatic heterocycles. The van der Waals surface area contributed by atoms with Gasteiger partial charge >= 0.3 is 0 Å². The summed E-state index contributed by atoms with van der Waals surface area (Å²) >= 11 is 3.36. The number of benzene rings is 3. The SMILES string of the molecule is O=C(Nc1ccc(Br)cc1)C(Nc1ccccc1)c1ccccc1F. The van der Waals surface area contributed by atoms with Crippen LogP contribution in [0.2, 0.25) is 0 Å². The Kier molecular flexibility index (Phi) is 5.46.